The predicted octanol–water partition coefficient (Wildman–Crippen LogP) is -1.76. The lowest BCUT2D eigenvalue weighted by Gasteiger charge is -2.41. The first-order valence-electron chi connectivity index (χ1n) is 11.5. The van der Waals surface area contributed by atoms with Gasteiger partial charge in [-0.25, -0.2) is 24.8 Å². The zero-order valence-corrected chi connectivity index (χ0v) is 23.2. The van der Waals surface area contributed by atoms with Crippen LogP contribution in [0.4, 0.5) is 9.59 Å². The number of benzene rings is 1. The summed E-state index contributed by atoms with van der Waals surface area (Å²) in [5.41, 5.74) is 6.15. The van der Waals surface area contributed by atoms with Crippen molar-refractivity contribution in [2.75, 3.05) is 19.6 Å². The highest BCUT2D eigenvalue weighted by molar-refractivity contribution is 8.02. The molecule has 0 radical (unpaired) electrons. The Morgan fingerprint density at radius 3 is 2.48 bits per heavy atom. The molecule has 8 N–H and O–H groups in total. The number of β-lactam (4-membered cyclic amide) rings is 1. The first-order chi connectivity index (χ1) is 19.6. The second kappa shape index (κ2) is 11.2. The minimum atomic E-state index is -5.24. The lowest BCUT2D eigenvalue weighted by molar-refractivity contribution is -0.151. The molecule has 3 saturated heterocycles. The number of aliphatic carboxylic acids is 1. The molecule has 0 spiro atoms. The van der Waals surface area contributed by atoms with Crippen LogP contribution in [0.3, 0.4) is 0 Å². The number of hydrazone groups is 2. The lowest BCUT2D eigenvalue weighted by Crippen LogP contribution is -2.68. The van der Waals surface area contributed by atoms with E-state index in [1.165, 1.54) is 0 Å². The molecule has 42 heavy (non-hydrogen) atoms. The van der Waals surface area contributed by atoms with Gasteiger partial charge in [-0.3, -0.25) is 19.0 Å². The number of urea groups is 2. The maximum Gasteiger partial charge on any atom is 0.342 e. The van der Waals surface area contributed by atoms with E-state index in [1.807, 2.05) is 5.43 Å². The van der Waals surface area contributed by atoms with Gasteiger partial charge in [0.25, 0.3) is 10.1 Å². The monoisotopic (exact) mass is 648 g/mol. The Morgan fingerprint density at radius 1 is 1.19 bits per heavy atom. The summed E-state index contributed by atoms with van der Waals surface area (Å²) < 4.78 is 34.0. The third-order valence-electron chi connectivity index (χ3n) is 6.33. The Labute approximate surface area is 244 Å². The summed E-state index contributed by atoms with van der Waals surface area (Å²) in [6, 6.07) is -1.83. The van der Waals surface area contributed by atoms with E-state index in [-0.39, 0.29) is 13.1 Å². The Balaban J connectivity index is 1.52. The summed E-state index contributed by atoms with van der Waals surface area (Å²) >= 11 is 6.58. The molecule has 4 rings (SSSR count). The van der Waals surface area contributed by atoms with Gasteiger partial charge in [0.15, 0.2) is 16.7 Å². The van der Waals surface area contributed by atoms with E-state index < -0.39 is 90.1 Å². The van der Waals surface area contributed by atoms with Gasteiger partial charge in [0.05, 0.1) is 25.5 Å². The zero-order valence-electron chi connectivity index (χ0n) is 20.8. The maximum atomic E-state index is 13.0. The maximum absolute atomic E-state index is 13.0. The normalized spacial score (nSPS) is 24.7. The number of thioether (sulfide) groups is 1. The van der Waals surface area contributed by atoms with Crippen molar-refractivity contribution in [2.24, 2.45) is 15.9 Å². The topological polar surface area (TPSA) is 285 Å². The molecule has 22 heteroatoms. The number of carbonyl (C=O) groups excluding carboxylic acids is 4. The SMILES string of the molecule is NC(=O)N/N=C/C=N/N1CCN([C@]2(C(=O)O)CN3C(=O)[C@@H](NC(=O)C(c4cc(O)c(O)cc4Cl)S(=O)(=O)O)[C@H]3S2)C1=O. The predicted molar refractivity (Wildman–Crippen MR) is 143 cm³/mol. The number of hydrogen-bond acceptors (Lipinski definition) is 12. The number of phenols is 2. The van der Waals surface area contributed by atoms with Gasteiger partial charge in [-0.15, -0.1) is 0 Å². The summed E-state index contributed by atoms with van der Waals surface area (Å²) in [4.78, 5) is 62.0. The number of halogens is 1. The fourth-order valence-corrected chi connectivity index (χ4v) is 7.28. The smallest absolute Gasteiger partial charge is 0.342 e. The van der Waals surface area contributed by atoms with Crippen LogP contribution in [0.1, 0.15) is 10.8 Å². The molecule has 3 fully saturated rings. The fraction of sp³-hybridized carbons (Fsp3) is 0.350. The second-order valence-electron chi connectivity index (χ2n) is 8.88. The van der Waals surface area contributed by atoms with E-state index in [0.29, 0.717) is 17.8 Å². The number of aromatic hydroxyl groups is 2. The van der Waals surface area contributed by atoms with Crippen LogP contribution in [0.5, 0.6) is 11.5 Å². The summed E-state index contributed by atoms with van der Waals surface area (Å²) in [6.45, 7) is -0.641. The van der Waals surface area contributed by atoms with Crippen LogP contribution in [-0.2, 0) is 24.5 Å². The number of rotatable bonds is 9. The molecular formula is C20H21ClN8O11S2. The van der Waals surface area contributed by atoms with E-state index in [0.717, 1.165) is 33.3 Å². The van der Waals surface area contributed by atoms with Crippen LogP contribution in [0.25, 0.3) is 0 Å². The molecular weight excluding hydrogens is 628 g/mol. The number of fused-ring (bicyclic) bond motifs is 1. The van der Waals surface area contributed by atoms with E-state index in [9.17, 15) is 52.3 Å². The first-order valence-corrected chi connectivity index (χ1v) is 14.2. The number of amides is 6. The van der Waals surface area contributed by atoms with Crippen LogP contribution in [0.15, 0.2) is 22.3 Å². The number of nitrogens with one attached hydrogen (secondary N) is 2. The number of carbonyl (C=O) groups is 5. The summed E-state index contributed by atoms with van der Waals surface area (Å²) in [7, 11) is -5.24. The van der Waals surface area contributed by atoms with E-state index >= 15 is 0 Å². The fourth-order valence-electron chi connectivity index (χ4n) is 4.45. The molecule has 3 aliphatic heterocycles. The van der Waals surface area contributed by atoms with Crippen molar-refractivity contribution in [1.29, 1.82) is 0 Å². The Kier molecular flexibility index (Phi) is 8.13. The molecule has 19 nitrogen and oxygen atoms in total. The van der Waals surface area contributed by atoms with E-state index in [2.05, 4.69) is 15.5 Å². The van der Waals surface area contributed by atoms with Crippen molar-refractivity contribution in [1.82, 2.24) is 25.6 Å². The van der Waals surface area contributed by atoms with Gasteiger partial charge < -0.3 is 31.3 Å². The minimum absolute atomic E-state index is 0.0446. The van der Waals surface area contributed by atoms with Gasteiger partial charge in [0.2, 0.25) is 16.7 Å². The van der Waals surface area contributed by atoms with Gasteiger partial charge >= 0.3 is 18.0 Å². The standard InChI is InChI=1S/C20H21ClN8O11S2/c21-9-6-11(31)10(30)5-8(9)13(42(38,39)40)14(32)25-12-15(33)27-7-20(17(34)35,41-16(12)27)28-3-4-29(19(28)37)24-2-1-23-26-18(22)36/h1-2,5-6,12-13,16,30-31H,3-4,7H2,(H,25,32)(H,34,35)(H3,22,26,36)(H,38,39,40)/b23-1+,24-2+/t12-,13?,16-,20-/m1/s1. The molecule has 6 amide bonds. The summed E-state index contributed by atoms with van der Waals surface area (Å²) in [5, 5.41) is 35.8. The van der Waals surface area contributed by atoms with Crippen LogP contribution in [-0.4, -0.2) is 121 Å². The molecule has 0 aromatic heterocycles. The van der Waals surface area contributed by atoms with Crippen molar-refractivity contribution < 1.29 is 52.3 Å². The van der Waals surface area contributed by atoms with Crippen LogP contribution < -0.4 is 16.5 Å². The van der Waals surface area contributed by atoms with E-state index in [4.69, 9.17) is 17.3 Å². The second-order valence-corrected chi connectivity index (χ2v) is 12.2. The van der Waals surface area contributed by atoms with Crippen molar-refractivity contribution in [2.45, 2.75) is 21.5 Å². The highest BCUT2D eigenvalue weighted by Crippen LogP contribution is 2.50. The number of primary amides is 1. The van der Waals surface area contributed by atoms with Crippen molar-refractivity contribution >= 4 is 75.8 Å². The largest absolute Gasteiger partial charge is 0.504 e. The van der Waals surface area contributed by atoms with Crippen LogP contribution >= 0.6 is 23.4 Å². The summed E-state index contributed by atoms with van der Waals surface area (Å²) in [6.07, 6.45) is 2.06. The number of nitrogens with zero attached hydrogens (tertiary/aromatic N) is 5. The average molecular weight is 649 g/mol. The van der Waals surface area contributed by atoms with Crippen molar-refractivity contribution in [3.8, 4) is 11.5 Å². The average Bonchev–Trinajstić information content (AvgIpc) is 3.44. The Hall–Kier alpha value is -4.34. The Morgan fingerprint density at radius 2 is 1.86 bits per heavy atom. The number of phenolic OH excluding ortho intramolecular Hbond substituents is 2. The lowest BCUT2D eigenvalue weighted by atomic mass is 10.0. The van der Waals surface area contributed by atoms with Crippen molar-refractivity contribution in [3.05, 3.63) is 22.7 Å². The third-order valence-corrected chi connectivity index (χ3v) is 9.40. The first kappa shape index (κ1) is 30.6. The van der Waals surface area contributed by atoms with Gasteiger partial charge in [-0.2, -0.15) is 18.6 Å². The zero-order chi connectivity index (χ0) is 31.1. The van der Waals surface area contributed by atoms with Crippen molar-refractivity contribution in [3.63, 3.8) is 0 Å². The summed E-state index contributed by atoms with van der Waals surface area (Å²) in [5.74, 6) is -5.28. The van der Waals surface area contributed by atoms with E-state index in [1.54, 1.807) is 0 Å². The molecule has 1 aromatic rings. The Bertz CT molecular complexity index is 1540. The molecule has 1 aromatic carbocycles. The molecule has 0 bridgehead atoms. The quantitative estimate of drug-likeness (QED) is 0.0515. The van der Waals surface area contributed by atoms with Crippen LogP contribution in [0.2, 0.25) is 5.02 Å². The molecule has 3 heterocycles. The van der Waals surface area contributed by atoms with Gasteiger partial charge in [-0.1, -0.05) is 23.4 Å². The minimum Gasteiger partial charge on any atom is -0.504 e. The number of carboxylic acid groups (broad SMARTS) is 1. The molecule has 0 aliphatic carbocycles. The highest BCUT2D eigenvalue weighted by atomic mass is 35.5. The molecule has 226 valence electrons. The molecule has 0 saturated carbocycles. The molecule has 4 atom stereocenters. The highest BCUT2D eigenvalue weighted by Gasteiger charge is 2.66. The number of hydrogen-bond donors (Lipinski definition) is 7. The third kappa shape index (κ3) is 5.45. The number of carboxylic acids is 1. The van der Waals surface area contributed by atoms with Gasteiger partial charge in [-0.05, 0) is 6.07 Å². The van der Waals surface area contributed by atoms with Crippen LogP contribution in [0, 0.1) is 0 Å². The number of nitrogens with two attached hydrogens (primary N) is 1. The van der Waals surface area contributed by atoms with Gasteiger partial charge in [0, 0.05) is 23.2 Å². The van der Waals surface area contributed by atoms with Gasteiger partial charge in [0.1, 0.15) is 11.4 Å². The molecule has 1 unspecified atom stereocenters. The molecule has 3 aliphatic rings.